The van der Waals surface area contributed by atoms with Gasteiger partial charge in [-0.1, -0.05) is 42.8 Å². The van der Waals surface area contributed by atoms with Crippen molar-refractivity contribution in [2.45, 2.75) is 43.5 Å². The number of rotatable bonds is 9. The van der Waals surface area contributed by atoms with Gasteiger partial charge < -0.3 is 4.74 Å². The van der Waals surface area contributed by atoms with E-state index in [9.17, 15) is 13.2 Å². The summed E-state index contributed by atoms with van der Waals surface area (Å²) < 4.78 is 32.6. The molecule has 2 aromatic rings. The van der Waals surface area contributed by atoms with E-state index in [1.165, 1.54) is 19.2 Å². The Morgan fingerprint density at radius 1 is 1.11 bits per heavy atom. The van der Waals surface area contributed by atoms with E-state index in [1.807, 2.05) is 31.2 Å². The number of halogens is 1. The average molecular weight is 410 g/mol. The fourth-order valence-electron chi connectivity index (χ4n) is 2.71. The highest BCUT2D eigenvalue weighted by Crippen LogP contribution is 2.22. The van der Waals surface area contributed by atoms with Crippen LogP contribution in [0.1, 0.15) is 43.4 Å². The van der Waals surface area contributed by atoms with Crippen LogP contribution in [0.3, 0.4) is 0 Å². The minimum Gasteiger partial charge on any atom is -0.469 e. The van der Waals surface area contributed by atoms with Crippen molar-refractivity contribution >= 4 is 27.6 Å². The summed E-state index contributed by atoms with van der Waals surface area (Å²) in [6.07, 6.45) is 2.49. The van der Waals surface area contributed by atoms with Gasteiger partial charge in [-0.05, 0) is 54.7 Å². The van der Waals surface area contributed by atoms with Crippen LogP contribution >= 0.6 is 11.6 Å². The summed E-state index contributed by atoms with van der Waals surface area (Å²) in [5.41, 5.74) is 1.99. The van der Waals surface area contributed by atoms with Crippen LogP contribution in [0.25, 0.3) is 0 Å². The van der Waals surface area contributed by atoms with Crippen molar-refractivity contribution in [3.05, 3.63) is 64.7 Å². The van der Waals surface area contributed by atoms with Crippen molar-refractivity contribution in [1.29, 1.82) is 0 Å². The third kappa shape index (κ3) is 6.34. The lowest BCUT2D eigenvalue weighted by molar-refractivity contribution is -0.140. The molecular weight excluding hydrogens is 386 g/mol. The van der Waals surface area contributed by atoms with E-state index in [0.717, 1.165) is 17.5 Å². The number of hydrogen-bond acceptors (Lipinski definition) is 4. The molecule has 1 atom stereocenters. The zero-order chi connectivity index (χ0) is 19.9. The first kappa shape index (κ1) is 21.4. The number of benzene rings is 2. The average Bonchev–Trinajstić information content (AvgIpc) is 2.67. The third-order valence-electron chi connectivity index (χ3n) is 4.29. The first-order chi connectivity index (χ1) is 12.9. The molecule has 146 valence electrons. The summed E-state index contributed by atoms with van der Waals surface area (Å²) in [5, 5.41) is 0.490. The van der Waals surface area contributed by atoms with Crippen molar-refractivity contribution < 1.29 is 17.9 Å². The monoisotopic (exact) mass is 409 g/mol. The van der Waals surface area contributed by atoms with E-state index in [4.69, 9.17) is 11.6 Å². The first-order valence-electron chi connectivity index (χ1n) is 8.79. The highest BCUT2D eigenvalue weighted by molar-refractivity contribution is 7.89. The van der Waals surface area contributed by atoms with Gasteiger partial charge in [-0.2, -0.15) is 0 Å². The summed E-state index contributed by atoms with van der Waals surface area (Å²) in [6, 6.07) is 13.5. The molecule has 0 saturated heterocycles. The second-order valence-corrected chi connectivity index (χ2v) is 8.36. The number of esters is 1. The summed E-state index contributed by atoms with van der Waals surface area (Å²) in [4.78, 5) is 11.3. The highest BCUT2D eigenvalue weighted by Gasteiger charge is 2.20. The number of carbonyl (C=O) groups is 1. The molecule has 27 heavy (non-hydrogen) atoms. The quantitative estimate of drug-likeness (QED) is 0.628. The molecule has 0 bridgehead atoms. The molecule has 7 heteroatoms. The third-order valence-corrected chi connectivity index (χ3v) is 6.03. The maximum absolute atomic E-state index is 12.6. The summed E-state index contributed by atoms with van der Waals surface area (Å²) in [6.45, 7) is 1.93. The van der Waals surface area contributed by atoms with E-state index in [1.54, 1.807) is 12.1 Å². The Kier molecular flexibility index (Phi) is 7.83. The van der Waals surface area contributed by atoms with Crippen LogP contribution in [0.15, 0.2) is 53.4 Å². The van der Waals surface area contributed by atoms with Gasteiger partial charge >= 0.3 is 5.97 Å². The van der Waals surface area contributed by atoms with E-state index >= 15 is 0 Å². The van der Waals surface area contributed by atoms with Gasteiger partial charge in [0.2, 0.25) is 10.0 Å². The van der Waals surface area contributed by atoms with Gasteiger partial charge in [0.1, 0.15) is 0 Å². The molecule has 1 N–H and O–H groups in total. The molecule has 0 amide bonds. The minimum absolute atomic E-state index is 0.185. The minimum atomic E-state index is -3.63. The Hall–Kier alpha value is -1.89. The predicted molar refractivity (Wildman–Crippen MR) is 106 cm³/mol. The molecule has 2 aromatic carbocycles. The van der Waals surface area contributed by atoms with Crippen LogP contribution in [0.2, 0.25) is 5.02 Å². The standard InChI is InChI=1S/C20H24ClNO4S/c1-3-19(22-27(24,25)18-13-11-17(21)12-14-18)16-9-7-15(8-10-16)5-4-6-20(23)26-2/h7-14,19,22H,3-6H2,1-2H3. The topological polar surface area (TPSA) is 72.5 Å². The van der Waals surface area contributed by atoms with Crippen molar-refractivity contribution in [3.63, 3.8) is 0 Å². The largest absolute Gasteiger partial charge is 0.469 e. The molecule has 0 radical (unpaired) electrons. The molecule has 0 heterocycles. The predicted octanol–water partition coefficient (Wildman–Crippen LogP) is 4.27. The van der Waals surface area contributed by atoms with Crippen LogP contribution < -0.4 is 4.72 Å². The fourth-order valence-corrected chi connectivity index (χ4v) is 4.15. The molecule has 0 aliphatic heterocycles. The SMILES string of the molecule is CCC(NS(=O)(=O)c1ccc(Cl)cc1)c1ccc(CCCC(=O)OC)cc1. The molecule has 0 fully saturated rings. The maximum atomic E-state index is 12.6. The van der Waals surface area contributed by atoms with E-state index in [0.29, 0.717) is 24.3 Å². The second kappa shape index (κ2) is 9.88. The number of carbonyl (C=O) groups excluding carboxylic acids is 1. The van der Waals surface area contributed by atoms with Gasteiger partial charge in [0.25, 0.3) is 0 Å². The molecule has 0 aromatic heterocycles. The van der Waals surface area contributed by atoms with Crippen LogP contribution in [-0.2, 0) is 26.0 Å². The molecule has 0 aliphatic rings. The lowest BCUT2D eigenvalue weighted by Crippen LogP contribution is -2.28. The van der Waals surface area contributed by atoms with Crippen molar-refractivity contribution in [2.75, 3.05) is 7.11 Å². The van der Waals surface area contributed by atoms with E-state index in [-0.39, 0.29) is 16.9 Å². The Balaban J connectivity index is 2.04. The van der Waals surface area contributed by atoms with Gasteiger partial charge in [0.15, 0.2) is 0 Å². The Bertz CT molecular complexity index is 849. The molecule has 1 unspecified atom stereocenters. The number of ether oxygens (including phenoxy) is 1. The van der Waals surface area contributed by atoms with Crippen LogP contribution in [0.4, 0.5) is 0 Å². The zero-order valence-corrected chi connectivity index (χ0v) is 17.0. The van der Waals surface area contributed by atoms with Gasteiger partial charge in [-0.25, -0.2) is 13.1 Å². The molecule has 0 aliphatic carbocycles. The molecule has 0 spiro atoms. The lowest BCUT2D eigenvalue weighted by Gasteiger charge is -2.18. The normalized spacial score (nSPS) is 12.6. The van der Waals surface area contributed by atoms with Gasteiger partial charge in [0, 0.05) is 17.5 Å². The molecular formula is C20H24ClNO4S. The second-order valence-electron chi connectivity index (χ2n) is 6.21. The molecule has 5 nitrogen and oxygen atoms in total. The van der Waals surface area contributed by atoms with Gasteiger partial charge in [-0.15, -0.1) is 0 Å². The fraction of sp³-hybridized carbons (Fsp3) is 0.350. The van der Waals surface area contributed by atoms with Crippen LogP contribution in [0, 0.1) is 0 Å². The van der Waals surface area contributed by atoms with Crippen molar-refractivity contribution in [1.82, 2.24) is 4.72 Å². The summed E-state index contributed by atoms with van der Waals surface area (Å²) >= 11 is 5.83. The van der Waals surface area contributed by atoms with Crippen LogP contribution in [-0.4, -0.2) is 21.5 Å². The number of nitrogens with one attached hydrogen (secondary N) is 1. The Labute approximate surface area is 165 Å². The smallest absolute Gasteiger partial charge is 0.305 e. The highest BCUT2D eigenvalue weighted by atomic mass is 35.5. The van der Waals surface area contributed by atoms with E-state index < -0.39 is 10.0 Å². The Morgan fingerprint density at radius 3 is 2.30 bits per heavy atom. The number of methoxy groups -OCH3 is 1. The first-order valence-corrected chi connectivity index (χ1v) is 10.7. The van der Waals surface area contributed by atoms with Gasteiger partial charge in [0.05, 0.1) is 12.0 Å². The molecule has 0 saturated carbocycles. The lowest BCUT2D eigenvalue weighted by atomic mass is 10.0. The number of sulfonamides is 1. The molecule has 2 rings (SSSR count). The number of hydrogen-bond donors (Lipinski definition) is 1. The van der Waals surface area contributed by atoms with Crippen molar-refractivity contribution in [3.8, 4) is 0 Å². The van der Waals surface area contributed by atoms with E-state index in [2.05, 4.69) is 9.46 Å². The number of aryl methyl sites for hydroxylation is 1. The van der Waals surface area contributed by atoms with Gasteiger partial charge in [-0.3, -0.25) is 4.79 Å². The maximum Gasteiger partial charge on any atom is 0.305 e. The zero-order valence-electron chi connectivity index (χ0n) is 15.4. The summed E-state index contributed by atoms with van der Waals surface area (Å²) in [7, 11) is -2.25. The van der Waals surface area contributed by atoms with Crippen LogP contribution in [0.5, 0.6) is 0 Å². The summed E-state index contributed by atoms with van der Waals surface area (Å²) in [5.74, 6) is -0.214. The van der Waals surface area contributed by atoms with Crippen molar-refractivity contribution in [2.24, 2.45) is 0 Å². The Morgan fingerprint density at radius 2 is 1.74 bits per heavy atom.